The third kappa shape index (κ3) is 5.13. The van der Waals surface area contributed by atoms with E-state index < -0.39 is 13.9 Å². The summed E-state index contributed by atoms with van der Waals surface area (Å²) in [4.78, 5) is 0. The number of para-hydroxylation sites is 1. The number of hydrogen-bond acceptors (Lipinski definition) is 5. The molecule has 0 heterocycles. The van der Waals surface area contributed by atoms with E-state index in [1.807, 2.05) is 31.2 Å². The molecule has 0 saturated heterocycles. The number of benzene rings is 1. The summed E-state index contributed by atoms with van der Waals surface area (Å²) in [7, 11) is -1.06. The van der Waals surface area contributed by atoms with E-state index in [0.717, 1.165) is 11.3 Å². The van der Waals surface area contributed by atoms with Crippen LogP contribution in [-0.2, 0) is 18.1 Å². The van der Waals surface area contributed by atoms with Crippen molar-refractivity contribution in [3.05, 3.63) is 29.8 Å². The summed E-state index contributed by atoms with van der Waals surface area (Å²) in [5, 5.41) is 0. The van der Waals surface area contributed by atoms with E-state index in [9.17, 15) is 4.57 Å². The van der Waals surface area contributed by atoms with Gasteiger partial charge in [0.25, 0.3) is 0 Å². The highest BCUT2D eigenvalue weighted by Gasteiger charge is 2.28. The summed E-state index contributed by atoms with van der Waals surface area (Å²) in [6.07, 6.45) is -0.591. The summed E-state index contributed by atoms with van der Waals surface area (Å²) in [5.41, 5.74) is 0.998. The molecule has 0 aliphatic carbocycles. The van der Waals surface area contributed by atoms with Gasteiger partial charge in [-0.3, -0.25) is 13.6 Å². The first-order chi connectivity index (χ1) is 9.04. The van der Waals surface area contributed by atoms with Crippen LogP contribution in [0.3, 0.4) is 0 Å². The van der Waals surface area contributed by atoms with Gasteiger partial charge < -0.3 is 4.74 Å². The number of rotatable bonds is 8. The van der Waals surface area contributed by atoms with Gasteiger partial charge in [-0.2, -0.15) is 0 Å². The molecule has 5 nitrogen and oxygen atoms in total. The second kappa shape index (κ2) is 7.88. The molecule has 0 radical (unpaired) electrons. The van der Waals surface area contributed by atoms with E-state index >= 15 is 0 Å². The van der Waals surface area contributed by atoms with Crippen molar-refractivity contribution in [2.75, 3.05) is 26.7 Å². The number of halogens is 1. The fourth-order valence-corrected chi connectivity index (χ4v) is 2.41. The van der Waals surface area contributed by atoms with Gasteiger partial charge in [0.15, 0.2) is 0 Å². The highest BCUT2D eigenvalue weighted by molar-refractivity contribution is 7.48. The number of hydrogen-bond donors (Lipinski definition) is 0. The zero-order chi connectivity index (χ0) is 14.3. The minimum atomic E-state index is -3.55. The highest BCUT2D eigenvalue weighted by atomic mass is 35.5. The molecule has 0 amide bonds. The Morgan fingerprint density at radius 3 is 2.42 bits per heavy atom. The average molecular weight is 309 g/mol. The predicted molar refractivity (Wildman–Crippen MR) is 73.9 cm³/mol. The van der Waals surface area contributed by atoms with Crippen molar-refractivity contribution < 1.29 is 22.9 Å². The van der Waals surface area contributed by atoms with Crippen molar-refractivity contribution in [1.82, 2.24) is 0 Å². The number of ether oxygens (including phenoxy) is 1. The quantitative estimate of drug-likeness (QED) is 0.544. The Morgan fingerprint density at radius 1 is 1.26 bits per heavy atom. The van der Waals surface area contributed by atoms with Crippen LogP contribution >= 0.6 is 19.4 Å². The average Bonchev–Trinajstić information content (AvgIpc) is 2.44. The maximum Gasteiger partial charge on any atom is 0.474 e. The Morgan fingerprint density at radius 2 is 1.89 bits per heavy atom. The lowest BCUT2D eigenvalue weighted by Crippen LogP contribution is -2.23. The third-order valence-electron chi connectivity index (χ3n) is 2.42. The number of phosphoric acid groups is 1. The lowest BCUT2D eigenvalue weighted by atomic mass is 10.2. The molecule has 1 atom stereocenters. The summed E-state index contributed by atoms with van der Waals surface area (Å²) in [5.74, 6) is 0.841. The van der Waals surface area contributed by atoms with Crippen molar-refractivity contribution in [3.8, 4) is 5.75 Å². The molecule has 0 spiro atoms. The molecule has 1 rings (SSSR count). The summed E-state index contributed by atoms with van der Waals surface area (Å²) < 4.78 is 32.0. The molecule has 0 aromatic heterocycles. The van der Waals surface area contributed by atoms with Gasteiger partial charge >= 0.3 is 7.82 Å². The van der Waals surface area contributed by atoms with Crippen LogP contribution in [0.25, 0.3) is 0 Å². The van der Waals surface area contributed by atoms with E-state index in [0.29, 0.717) is 0 Å². The molecule has 1 aromatic rings. The smallest absolute Gasteiger partial charge is 0.474 e. The normalized spacial score (nSPS) is 13.3. The minimum Gasteiger partial charge on any atom is -0.491 e. The molecule has 0 N–H and O–H groups in total. The van der Waals surface area contributed by atoms with E-state index in [4.69, 9.17) is 29.9 Å². The van der Waals surface area contributed by atoms with Crippen LogP contribution in [0, 0.1) is 6.92 Å². The summed E-state index contributed by atoms with van der Waals surface area (Å²) >= 11 is 5.76. The fraction of sp³-hybridized carbons (Fsp3) is 0.500. The number of alkyl halides is 1. The van der Waals surface area contributed by atoms with Crippen LogP contribution in [0.15, 0.2) is 24.3 Å². The van der Waals surface area contributed by atoms with Gasteiger partial charge in [0, 0.05) is 14.2 Å². The Kier molecular flexibility index (Phi) is 6.83. The van der Waals surface area contributed by atoms with Gasteiger partial charge in [-0.25, -0.2) is 4.57 Å². The lowest BCUT2D eigenvalue weighted by Gasteiger charge is -2.20. The molecule has 19 heavy (non-hydrogen) atoms. The van der Waals surface area contributed by atoms with Crippen molar-refractivity contribution in [3.63, 3.8) is 0 Å². The molecule has 108 valence electrons. The second-order valence-electron chi connectivity index (χ2n) is 3.77. The Hall–Kier alpha value is -0.580. The summed E-state index contributed by atoms with van der Waals surface area (Å²) in [6, 6.07) is 7.56. The molecule has 0 aliphatic heterocycles. The van der Waals surface area contributed by atoms with Crippen LogP contribution < -0.4 is 4.74 Å². The van der Waals surface area contributed by atoms with Crippen molar-refractivity contribution in [2.45, 2.75) is 13.0 Å². The van der Waals surface area contributed by atoms with Crippen molar-refractivity contribution in [1.29, 1.82) is 0 Å². The van der Waals surface area contributed by atoms with Crippen molar-refractivity contribution >= 4 is 19.4 Å². The monoisotopic (exact) mass is 308 g/mol. The third-order valence-corrected chi connectivity index (χ3v) is 4.21. The SMILES string of the molecule is COP(=O)(OC)OC(CCl)COc1ccccc1C. The van der Waals surface area contributed by atoms with Gasteiger partial charge in [-0.15, -0.1) is 11.6 Å². The largest absolute Gasteiger partial charge is 0.491 e. The maximum atomic E-state index is 11.8. The van der Waals surface area contributed by atoms with Gasteiger partial charge in [-0.1, -0.05) is 18.2 Å². The summed E-state index contributed by atoms with van der Waals surface area (Å²) in [6.45, 7) is 2.09. The zero-order valence-electron chi connectivity index (χ0n) is 11.2. The predicted octanol–water partition coefficient (Wildman–Crippen LogP) is 3.40. The standard InChI is InChI=1S/C12H18ClO5P/c1-10-6-4-5-7-12(10)17-9-11(8-13)18-19(14,15-2)16-3/h4-7,11H,8-9H2,1-3H3. The van der Waals surface area contributed by atoms with Crippen LogP contribution in [-0.4, -0.2) is 32.8 Å². The van der Waals surface area contributed by atoms with Gasteiger partial charge in [0.1, 0.15) is 18.5 Å². The van der Waals surface area contributed by atoms with Crippen LogP contribution in [0.5, 0.6) is 5.75 Å². The molecule has 0 fully saturated rings. The Labute approximate surface area is 118 Å². The van der Waals surface area contributed by atoms with Crippen molar-refractivity contribution in [2.24, 2.45) is 0 Å². The molecular formula is C12H18ClO5P. The van der Waals surface area contributed by atoms with E-state index in [-0.39, 0.29) is 12.5 Å². The molecular weight excluding hydrogens is 291 g/mol. The fourth-order valence-electron chi connectivity index (χ4n) is 1.35. The van der Waals surface area contributed by atoms with E-state index in [2.05, 4.69) is 0 Å². The number of phosphoric ester groups is 1. The molecule has 0 aliphatic rings. The van der Waals surface area contributed by atoms with Crippen LogP contribution in [0.4, 0.5) is 0 Å². The first kappa shape index (κ1) is 16.5. The van der Waals surface area contributed by atoms with Crippen LogP contribution in [0.1, 0.15) is 5.56 Å². The molecule has 0 saturated carbocycles. The first-order valence-electron chi connectivity index (χ1n) is 5.69. The number of aryl methyl sites for hydroxylation is 1. The molecule has 0 bridgehead atoms. The molecule has 1 aromatic carbocycles. The lowest BCUT2D eigenvalue weighted by molar-refractivity contribution is 0.0838. The Balaban J connectivity index is 2.59. The van der Waals surface area contributed by atoms with Gasteiger partial charge in [0.2, 0.25) is 0 Å². The van der Waals surface area contributed by atoms with Gasteiger partial charge in [0.05, 0.1) is 5.88 Å². The first-order valence-corrected chi connectivity index (χ1v) is 7.68. The topological polar surface area (TPSA) is 54.0 Å². The zero-order valence-corrected chi connectivity index (χ0v) is 12.8. The Bertz CT molecular complexity index is 432. The highest BCUT2D eigenvalue weighted by Crippen LogP contribution is 2.48. The molecule has 7 heteroatoms. The minimum absolute atomic E-state index is 0.114. The van der Waals surface area contributed by atoms with E-state index in [1.165, 1.54) is 14.2 Å². The van der Waals surface area contributed by atoms with Crippen LogP contribution in [0.2, 0.25) is 0 Å². The molecule has 1 unspecified atom stereocenters. The second-order valence-corrected chi connectivity index (χ2v) is 5.91. The van der Waals surface area contributed by atoms with E-state index in [1.54, 1.807) is 0 Å². The maximum absolute atomic E-state index is 11.8. The van der Waals surface area contributed by atoms with Gasteiger partial charge in [-0.05, 0) is 18.6 Å².